The van der Waals surface area contributed by atoms with Gasteiger partial charge in [-0.2, -0.15) is 0 Å². The molecule has 0 aromatic heterocycles. The van der Waals surface area contributed by atoms with E-state index in [1.807, 2.05) is 23.1 Å². The maximum Gasteiger partial charge on any atom is 0.228 e. The minimum absolute atomic E-state index is 0. The Morgan fingerprint density at radius 2 is 2.00 bits per heavy atom. The van der Waals surface area contributed by atoms with E-state index in [9.17, 15) is 9.59 Å². The number of carbonyl (C=O) groups is 2. The van der Waals surface area contributed by atoms with E-state index in [0.29, 0.717) is 18.9 Å². The van der Waals surface area contributed by atoms with E-state index in [4.69, 9.17) is 0 Å². The number of hydrogen-bond acceptors (Lipinski definition) is 3. The van der Waals surface area contributed by atoms with Crippen LogP contribution in [-0.2, 0) is 16.0 Å². The molecule has 4 rings (SSSR count). The van der Waals surface area contributed by atoms with Crippen LogP contribution in [0.3, 0.4) is 0 Å². The van der Waals surface area contributed by atoms with E-state index in [2.05, 4.69) is 22.8 Å². The maximum atomic E-state index is 13.1. The molecule has 5 nitrogen and oxygen atoms in total. The quantitative estimate of drug-likeness (QED) is 0.791. The second-order valence-electron chi connectivity index (χ2n) is 8.51. The van der Waals surface area contributed by atoms with Gasteiger partial charge in [0.05, 0.1) is 5.41 Å². The van der Waals surface area contributed by atoms with Crippen molar-refractivity contribution in [2.75, 3.05) is 26.2 Å². The average Bonchev–Trinajstić information content (AvgIpc) is 3.34. The molecule has 2 aliphatic heterocycles. The number of fused-ring (bicyclic) bond motifs is 1. The Hall–Kier alpha value is -1.59. The summed E-state index contributed by atoms with van der Waals surface area (Å²) in [4.78, 5) is 27.6. The molecule has 2 saturated heterocycles. The molecule has 28 heavy (non-hydrogen) atoms. The molecule has 0 radical (unpaired) electrons. The van der Waals surface area contributed by atoms with Crippen molar-refractivity contribution in [2.45, 2.75) is 51.0 Å². The molecular weight excluding hydrogens is 374 g/mol. The summed E-state index contributed by atoms with van der Waals surface area (Å²) in [6.45, 7) is 3.21. The van der Waals surface area contributed by atoms with Gasteiger partial charge in [-0.15, -0.1) is 12.4 Å². The molecule has 2 heterocycles. The highest BCUT2D eigenvalue weighted by molar-refractivity contribution is 5.85. The number of rotatable bonds is 5. The van der Waals surface area contributed by atoms with E-state index < -0.39 is 0 Å². The molecule has 3 fully saturated rings. The lowest BCUT2D eigenvalue weighted by molar-refractivity contribution is -0.135. The summed E-state index contributed by atoms with van der Waals surface area (Å²) in [6.07, 6.45) is 6.76. The Bertz CT molecular complexity index is 684. The lowest BCUT2D eigenvalue weighted by Crippen LogP contribution is -2.51. The summed E-state index contributed by atoms with van der Waals surface area (Å²) < 4.78 is 0. The summed E-state index contributed by atoms with van der Waals surface area (Å²) in [5, 5.41) is 6.74. The van der Waals surface area contributed by atoms with Gasteiger partial charge in [0, 0.05) is 32.1 Å². The van der Waals surface area contributed by atoms with Crippen LogP contribution in [0.2, 0.25) is 0 Å². The minimum atomic E-state index is -0.205. The van der Waals surface area contributed by atoms with Crippen LogP contribution in [0.25, 0.3) is 0 Å². The Morgan fingerprint density at radius 3 is 2.82 bits per heavy atom. The third-order valence-electron chi connectivity index (χ3n) is 6.84. The predicted molar refractivity (Wildman–Crippen MR) is 112 cm³/mol. The second-order valence-corrected chi connectivity index (χ2v) is 8.51. The van der Waals surface area contributed by atoms with E-state index >= 15 is 0 Å². The molecule has 3 aliphatic rings. The highest BCUT2D eigenvalue weighted by Crippen LogP contribution is 2.44. The molecular formula is C22H32ClN3O2. The first kappa shape index (κ1) is 21.1. The molecule has 0 spiro atoms. The van der Waals surface area contributed by atoms with Gasteiger partial charge in [-0.1, -0.05) is 43.2 Å². The van der Waals surface area contributed by atoms with Gasteiger partial charge in [0.25, 0.3) is 0 Å². The largest absolute Gasteiger partial charge is 0.351 e. The Balaban J connectivity index is 0.00000225. The molecule has 1 aromatic carbocycles. The third kappa shape index (κ3) is 4.36. The fourth-order valence-corrected chi connectivity index (χ4v) is 5.18. The Kier molecular flexibility index (Phi) is 7.00. The number of carbonyl (C=O) groups excluding carboxylic acids is 2. The molecule has 6 heteroatoms. The zero-order valence-electron chi connectivity index (χ0n) is 16.5. The van der Waals surface area contributed by atoms with E-state index in [-0.39, 0.29) is 35.7 Å². The van der Waals surface area contributed by atoms with Crippen LogP contribution in [0.1, 0.15) is 44.1 Å². The molecule has 1 unspecified atom stereocenters. The Labute approximate surface area is 174 Å². The average molecular weight is 406 g/mol. The molecule has 0 bridgehead atoms. The summed E-state index contributed by atoms with van der Waals surface area (Å²) in [6, 6.07) is 10.3. The highest BCUT2D eigenvalue weighted by Gasteiger charge is 2.50. The van der Waals surface area contributed by atoms with Crippen molar-refractivity contribution in [3.8, 4) is 0 Å². The normalized spacial score (nSPS) is 29.1. The standard InChI is InChI=1S/C22H31N3O2.ClH/c26-20(10-9-17-6-2-1-3-7-17)25-13-11-19(15-25)24-21(27)22-12-5-4-8-18(22)14-23-16-22;/h1-3,6-7,18-19,23H,4-5,8-16H2,(H,24,27);1H/t18-,19?,22+;/m0./s1. The van der Waals surface area contributed by atoms with E-state index in [0.717, 1.165) is 51.7 Å². The zero-order valence-corrected chi connectivity index (χ0v) is 17.3. The van der Waals surface area contributed by atoms with Crippen LogP contribution < -0.4 is 10.6 Å². The van der Waals surface area contributed by atoms with Gasteiger partial charge in [-0.05, 0) is 43.7 Å². The van der Waals surface area contributed by atoms with Crippen molar-refractivity contribution in [3.63, 3.8) is 0 Å². The van der Waals surface area contributed by atoms with Crippen LogP contribution in [0.5, 0.6) is 0 Å². The monoisotopic (exact) mass is 405 g/mol. The first-order valence-corrected chi connectivity index (χ1v) is 10.5. The summed E-state index contributed by atoms with van der Waals surface area (Å²) >= 11 is 0. The van der Waals surface area contributed by atoms with Gasteiger partial charge < -0.3 is 15.5 Å². The fourth-order valence-electron chi connectivity index (χ4n) is 5.18. The summed E-state index contributed by atoms with van der Waals surface area (Å²) in [7, 11) is 0. The number of amides is 2. The number of halogens is 1. The van der Waals surface area contributed by atoms with Crippen LogP contribution in [0.4, 0.5) is 0 Å². The Morgan fingerprint density at radius 1 is 1.18 bits per heavy atom. The molecule has 154 valence electrons. The van der Waals surface area contributed by atoms with Gasteiger partial charge in [0.15, 0.2) is 0 Å². The molecule has 1 aromatic rings. The fraction of sp³-hybridized carbons (Fsp3) is 0.636. The number of hydrogen-bond donors (Lipinski definition) is 2. The van der Waals surface area contributed by atoms with Crippen molar-refractivity contribution in [1.29, 1.82) is 0 Å². The first-order valence-electron chi connectivity index (χ1n) is 10.5. The van der Waals surface area contributed by atoms with Crippen molar-refractivity contribution in [1.82, 2.24) is 15.5 Å². The van der Waals surface area contributed by atoms with Crippen LogP contribution in [0.15, 0.2) is 30.3 Å². The lowest BCUT2D eigenvalue weighted by atomic mass is 9.67. The van der Waals surface area contributed by atoms with Crippen LogP contribution in [-0.4, -0.2) is 48.9 Å². The van der Waals surface area contributed by atoms with Crippen LogP contribution in [0, 0.1) is 11.3 Å². The van der Waals surface area contributed by atoms with E-state index in [1.165, 1.54) is 12.0 Å². The summed E-state index contributed by atoms with van der Waals surface area (Å²) in [5.41, 5.74) is 0.995. The molecule has 1 saturated carbocycles. The second kappa shape index (κ2) is 9.27. The number of aryl methyl sites for hydroxylation is 1. The third-order valence-corrected chi connectivity index (χ3v) is 6.84. The minimum Gasteiger partial charge on any atom is -0.351 e. The molecule has 1 aliphatic carbocycles. The SMILES string of the molecule is Cl.O=C(CCc1ccccc1)N1CCC(NC(=O)[C@@]23CCCC[C@H]2CNC3)C1. The van der Waals surface area contributed by atoms with Crippen molar-refractivity contribution in [3.05, 3.63) is 35.9 Å². The van der Waals surface area contributed by atoms with E-state index in [1.54, 1.807) is 0 Å². The molecule has 2 amide bonds. The number of benzene rings is 1. The lowest BCUT2D eigenvalue weighted by Gasteiger charge is -2.37. The topological polar surface area (TPSA) is 61.4 Å². The number of likely N-dealkylation sites (tertiary alicyclic amines) is 1. The first-order chi connectivity index (χ1) is 13.2. The van der Waals surface area contributed by atoms with Gasteiger partial charge in [-0.25, -0.2) is 0 Å². The molecule has 3 atom stereocenters. The van der Waals surface area contributed by atoms with Crippen LogP contribution >= 0.6 is 12.4 Å². The highest BCUT2D eigenvalue weighted by atomic mass is 35.5. The smallest absolute Gasteiger partial charge is 0.228 e. The van der Waals surface area contributed by atoms with Gasteiger partial charge >= 0.3 is 0 Å². The van der Waals surface area contributed by atoms with Gasteiger partial charge in [0.1, 0.15) is 0 Å². The van der Waals surface area contributed by atoms with Gasteiger partial charge in [-0.3, -0.25) is 9.59 Å². The van der Waals surface area contributed by atoms with Gasteiger partial charge in [0.2, 0.25) is 11.8 Å². The number of nitrogens with zero attached hydrogens (tertiary/aromatic N) is 1. The molecule has 2 N–H and O–H groups in total. The van der Waals surface area contributed by atoms with Crippen molar-refractivity contribution in [2.24, 2.45) is 11.3 Å². The summed E-state index contributed by atoms with van der Waals surface area (Å²) in [5.74, 6) is 0.906. The zero-order chi connectivity index (χ0) is 18.7. The maximum absolute atomic E-state index is 13.1. The van der Waals surface area contributed by atoms with Crippen molar-refractivity contribution < 1.29 is 9.59 Å². The predicted octanol–water partition coefficient (Wildman–Crippen LogP) is 2.54. The number of nitrogens with one attached hydrogen (secondary N) is 2. The van der Waals surface area contributed by atoms with Crippen molar-refractivity contribution >= 4 is 24.2 Å².